The quantitative estimate of drug-likeness (QED) is 0.538. The summed E-state index contributed by atoms with van der Waals surface area (Å²) in [6, 6.07) is 14.1. The van der Waals surface area contributed by atoms with Crippen LogP contribution in [-0.4, -0.2) is 61.5 Å². The van der Waals surface area contributed by atoms with Crippen LogP contribution in [0.4, 0.5) is 11.4 Å². The molecular formula is C27H34N4O4. The summed E-state index contributed by atoms with van der Waals surface area (Å²) in [7, 11) is 0. The van der Waals surface area contributed by atoms with Gasteiger partial charge in [0.1, 0.15) is 0 Å². The second-order valence-electron chi connectivity index (χ2n) is 9.11. The van der Waals surface area contributed by atoms with E-state index in [0.717, 1.165) is 45.4 Å². The molecular weight excluding hydrogens is 444 g/mol. The third-order valence-electron chi connectivity index (χ3n) is 6.38. The van der Waals surface area contributed by atoms with E-state index in [1.54, 1.807) is 30.3 Å². The number of hydrogen-bond donors (Lipinski definition) is 3. The number of hydrogen-bond acceptors (Lipinski definition) is 5. The lowest BCUT2D eigenvalue weighted by Gasteiger charge is -2.20. The molecule has 8 heteroatoms. The largest absolute Gasteiger partial charge is 0.376 e. The van der Waals surface area contributed by atoms with Gasteiger partial charge in [-0.3, -0.25) is 14.4 Å². The van der Waals surface area contributed by atoms with Crippen LogP contribution >= 0.6 is 0 Å². The summed E-state index contributed by atoms with van der Waals surface area (Å²) in [5, 5.41) is 8.80. The minimum Gasteiger partial charge on any atom is -0.376 e. The van der Waals surface area contributed by atoms with Crippen molar-refractivity contribution in [3.8, 4) is 0 Å². The van der Waals surface area contributed by atoms with Gasteiger partial charge in [0.25, 0.3) is 11.8 Å². The van der Waals surface area contributed by atoms with Crippen LogP contribution in [-0.2, 0) is 9.53 Å². The molecule has 2 fully saturated rings. The zero-order chi connectivity index (χ0) is 24.5. The summed E-state index contributed by atoms with van der Waals surface area (Å²) in [6.45, 7) is 2.86. The molecule has 0 saturated carbocycles. The summed E-state index contributed by atoms with van der Waals surface area (Å²) < 4.78 is 5.54. The minimum absolute atomic E-state index is 0.0367. The number of carbonyl (C=O) groups is 3. The highest BCUT2D eigenvalue weighted by Crippen LogP contribution is 2.17. The van der Waals surface area contributed by atoms with Gasteiger partial charge in [-0.2, -0.15) is 0 Å². The van der Waals surface area contributed by atoms with Crippen molar-refractivity contribution in [1.29, 1.82) is 0 Å². The maximum atomic E-state index is 12.9. The summed E-state index contributed by atoms with van der Waals surface area (Å²) in [4.78, 5) is 39.7. The van der Waals surface area contributed by atoms with Gasteiger partial charge in [-0.05, 0) is 62.1 Å². The molecule has 2 saturated heterocycles. The topological polar surface area (TPSA) is 99.8 Å². The third-order valence-corrected chi connectivity index (χ3v) is 6.38. The number of benzene rings is 2. The number of rotatable bonds is 8. The Hall–Kier alpha value is -3.39. The van der Waals surface area contributed by atoms with E-state index in [9.17, 15) is 14.4 Å². The summed E-state index contributed by atoms with van der Waals surface area (Å²) in [5.41, 5.74) is 2.36. The minimum atomic E-state index is -0.244. The molecule has 0 aliphatic carbocycles. The molecule has 35 heavy (non-hydrogen) atoms. The Labute approximate surface area is 206 Å². The number of carbonyl (C=O) groups excluding carboxylic acids is 3. The summed E-state index contributed by atoms with van der Waals surface area (Å²) in [6.07, 6.45) is 6.48. The van der Waals surface area contributed by atoms with Gasteiger partial charge in [0.2, 0.25) is 5.91 Å². The molecule has 1 unspecified atom stereocenters. The predicted octanol–water partition coefficient (Wildman–Crippen LogP) is 3.66. The first-order valence-electron chi connectivity index (χ1n) is 12.5. The molecule has 1 atom stereocenters. The Morgan fingerprint density at radius 1 is 0.886 bits per heavy atom. The van der Waals surface area contributed by atoms with Crippen LogP contribution in [0.5, 0.6) is 0 Å². The second kappa shape index (κ2) is 12.4. The summed E-state index contributed by atoms with van der Waals surface area (Å²) in [5.74, 6) is -0.402. The lowest BCUT2D eigenvalue weighted by molar-refractivity contribution is -0.114. The maximum Gasteiger partial charge on any atom is 0.253 e. The fraction of sp³-hybridized carbons (Fsp3) is 0.444. The van der Waals surface area contributed by atoms with E-state index in [-0.39, 0.29) is 30.4 Å². The van der Waals surface area contributed by atoms with Gasteiger partial charge < -0.3 is 25.6 Å². The SMILES string of the molecule is O=C(CNc1cccc(C(=O)N2CCCCCC2)c1)Nc1cccc(C(=O)NCC2CCCO2)c1. The number of nitrogens with zero attached hydrogens (tertiary/aromatic N) is 1. The van der Waals surface area contributed by atoms with Crippen LogP contribution in [0.3, 0.4) is 0 Å². The van der Waals surface area contributed by atoms with E-state index in [0.29, 0.717) is 29.0 Å². The van der Waals surface area contributed by atoms with E-state index in [2.05, 4.69) is 16.0 Å². The number of likely N-dealkylation sites (tertiary alicyclic amines) is 1. The average molecular weight is 479 g/mol. The normalized spacial score (nSPS) is 17.9. The molecule has 0 radical (unpaired) electrons. The fourth-order valence-electron chi connectivity index (χ4n) is 4.46. The Bertz CT molecular complexity index is 1030. The van der Waals surface area contributed by atoms with Gasteiger partial charge in [-0.25, -0.2) is 0 Å². The van der Waals surface area contributed by atoms with E-state index in [4.69, 9.17) is 4.74 Å². The van der Waals surface area contributed by atoms with Gasteiger partial charge in [0, 0.05) is 48.7 Å². The number of nitrogens with one attached hydrogen (secondary N) is 3. The lowest BCUT2D eigenvalue weighted by Crippen LogP contribution is -2.32. The highest BCUT2D eigenvalue weighted by Gasteiger charge is 2.18. The third kappa shape index (κ3) is 7.29. The molecule has 186 valence electrons. The molecule has 0 aromatic heterocycles. The van der Waals surface area contributed by atoms with Crippen LogP contribution in [0.15, 0.2) is 48.5 Å². The van der Waals surface area contributed by atoms with Crippen LogP contribution in [0.2, 0.25) is 0 Å². The van der Waals surface area contributed by atoms with Crippen molar-refractivity contribution in [3.05, 3.63) is 59.7 Å². The molecule has 3 N–H and O–H groups in total. The van der Waals surface area contributed by atoms with Crippen molar-refractivity contribution in [2.45, 2.75) is 44.6 Å². The molecule has 2 aromatic carbocycles. The Balaban J connectivity index is 1.27. The fourth-order valence-corrected chi connectivity index (χ4v) is 4.46. The number of ether oxygens (including phenoxy) is 1. The van der Waals surface area contributed by atoms with Gasteiger partial charge >= 0.3 is 0 Å². The van der Waals surface area contributed by atoms with Crippen molar-refractivity contribution in [3.63, 3.8) is 0 Å². The van der Waals surface area contributed by atoms with Crippen molar-refractivity contribution in [1.82, 2.24) is 10.2 Å². The van der Waals surface area contributed by atoms with Gasteiger partial charge in [-0.15, -0.1) is 0 Å². The Morgan fingerprint density at radius 3 is 2.34 bits per heavy atom. The van der Waals surface area contributed by atoms with E-state index >= 15 is 0 Å². The van der Waals surface area contributed by atoms with Crippen LogP contribution in [0.1, 0.15) is 59.2 Å². The van der Waals surface area contributed by atoms with Gasteiger partial charge in [0.05, 0.1) is 12.6 Å². The lowest BCUT2D eigenvalue weighted by atomic mass is 10.1. The van der Waals surface area contributed by atoms with E-state index < -0.39 is 0 Å². The molecule has 4 rings (SSSR count). The summed E-state index contributed by atoms with van der Waals surface area (Å²) >= 11 is 0. The van der Waals surface area contributed by atoms with E-state index in [1.165, 1.54) is 12.8 Å². The Kier molecular flexibility index (Phi) is 8.73. The van der Waals surface area contributed by atoms with Crippen molar-refractivity contribution in [2.24, 2.45) is 0 Å². The highest BCUT2D eigenvalue weighted by atomic mass is 16.5. The van der Waals surface area contributed by atoms with Crippen molar-refractivity contribution >= 4 is 29.1 Å². The first-order chi connectivity index (χ1) is 17.1. The van der Waals surface area contributed by atoms with Crippen LogP contribution in [0.25, 0.3) is 0 Å². The molecule has 2 heterocycles. The van der Waals surface area contributed by atoms with Gasteiger partial charge in [-0.1, -0.05) is 25.0 Å². The molecule has 3 amide bonds. The van der Waals surface area contributed by atoms with Crippen LogP contribution in [0, 0.1) is 0 Å². The van der Waals surface area contributed by atoms with E-state index in [1.807, 2.05) is 23.1 Å². The molecule has 2 aliphatic heterocycles. The zero-order valence-electron chi connectivity index (χ0n) is 20.1. The maximum absolute atomic E-state index is 12.9. The molecule has 0 spiro atoms. The Morgan fingerprint density at radius 2 is 1.60 bits per heavy atom. The molecule has 8 nitrogen and oxygen atoms in total. The molecule has 2 aromatic rings. The zero-order valence-corrected chi connectivity index (χ0v) is 20.1. The standard InChI is InChI=1S/C27H34N4O4/c32-25(30-23-11-5-8-20(16-23)26(33)29-18-24-12-7-15-35-24)19-28-22-10-6-9-21(17-22)27(34)31-13-3-1-2-4-14-31/h5-6,8-11,16-17,24,28H,1-4,7,12-15,18-19H2,(H,29,33)(H,30,32). The first kappa shape index (κ1) is 24.7. The number of amides is 3. The molecule has 0 bridgehead atoms. The monoisotopic (exact) mass is 478 g/mol. The smallest absolute Gasteiger partial charge is 0.253 e. The second-order valence-corrected chi connectivity index (χ2v) is 9.11. The highest BCUT2D eigenvalue weighted by molar-refractivity contribution is 5.98. The van der Waals surface area contributed by atoms with Gasteiger partial charge in [0.15, 0.2) is 0 Å². The van der Waals surface area contributed by atoms with Crippen molar-refractivity contribution < 1.29 is 19.1 Å². The average Bonchev–Trinajstić information content (AvgIpc) is 3.26. The number of anilines is 2. The first-order valence-corrected chi connectivity index (χ1v) is 12.5. The predicted molar refractivity (Wildman–Crippen MR) is 136 cm³/mol. The van der Waals surface area contributed by atoms with Crippen molar-refractivity contribution in [2.75, 3.05) is 43.4 Å². The molecule has 2 aliphatic rings. The van der Waals surface area contributed by atoms with Crippen LogP contribution < -0.4 is 16.0 Å².